The summed E-state index contributed by atoms with van der Waals surface area (Å²) >= 11 is 12.1. The first-order valence-electron chi connectivity index (χ1n) is 10.8. The van der Waals surface area contributed by atoms with E-state index in [9.17, 15) is 9.59 Å². The summed E-state index contributed by atoms with van der Waals surface area (Å²) in [4.78, 5) is 27.1. The van der Waals surface area contributed by atoms with Crippen LogP contribution < -0.4 is 10.6 Å². The molecule has 1 unspecified atom stereocenters. The minimum atomic E-state index is -0.112. The maximum atomic E-state index is 12.7. The molecule has 2 aliphatic rings. The van der Waals surface area contributed by atoms with Gasteiger partial charge in [-0.15, -0.1) is 0 Å². The summed E-state index contributed by atoms with van der Waals surface area (Å²) in [5, 5.41) is 7.18. The number of rotatable bonds is 5. The molecule has 2 N–H and O–H groups in total. The Bertz CT molecular complexity index is 706. The first-order chi connectivity index (χ1) is 14.0. The lowest BCUT2D eigenvalue weighted by Gasteiger charge is -2.26. The van der Waals surface area contributed by atoms with Crippen molar-refractivity contribution in [2.24, 2.45) is 5.92 Å². The van der Waals surface area contributed by atoms with Crippen LogP contribution in [0, 0.1) is 5.92 Å². The average molecular weight is 473 g/mol. The highest BCUT2D eigenvalue weighted by atomic mass is 35.5. The standard InChI is InChI=1S/C22H31Cl2N3O2.2CH4/c23-18-11-10-17(20(24)13-18)14-26-22(29)27-12-6-9-19(27)15-25-21(28)16-7-4-2-1-3-5-8-16;;/h10-11,13,16,19H,1-9,12,14-15H2,(H,25,28)(H,26,29);2*1H4. The second-order valence-corrected chi connectivity index (χ2v) is 9.01. The Morgan fingerprint density at radius 1 is 0.935 bits per heavy atom. The van der Waals surface area contributed by atoms with E-state index < -0.39 is 0 Å². The first-order valence-corrected chi connectivity index (χ1v) is 11.6. The van der Waals surface area contributed by atoms with Crippen LogP contribution in [-0.2, 0) is 11.3 Å². The number of likely N-dealkylation sites (tertiary alicyclic amines) is 1. The zero-order valence-corrected chi connectivity index (χ0v) is 18.4. The van der Waals surface area contributed by atoms with Gasteiger partial charge in [0, 0.05) is 35.6 Å². The Hall–Kier alpha value is -1.46. The fourth-order valence-electron chi connectivity index (χ4n) is 4.33. The molecule has 1 aromatic carbocycles. The van der Waals surface area contributed by atoms with Gasteiger partial charge < -0.3 is 15.5 Å². The van der Waals surface area contributed by atoms with E-state index in [1.807, 2.05) is 11.0 Å². The van der Waals surface area contributed by atoms with Gasteiger partial charge in [0.25, 0.3) is 0 Å². The number of urea groups is 1. The zero-order valence-electron chi connectivity index (χ0n) is 16.9. The molecular weight excluding hydrogens is 433 g/mol. The Labute approximate surface area is 198 Å². The largest absolute Gasteiger partial charge is 0.354 e. The second kappa shape index (κ2) is 13.8. The number of benzene rings is 1. The van der Waals surface area contributed by atoms with Gasteiger partial charge in [0.1, 0.15) is 0 Å². The maximum Gasteiger partial charge on any atom is 0.317 e. The zero-order chi connectivity index (χ0) is 20.6. The lowest BCUT2D eigenvalue weighted by atomic mass is 9.90. The van der Waals surface area contributed by atoms with Gasteiger partial charge in [-0.25, -0.2) is 4.79 Å². The molecule has 1 saturated carbocycles. The van der Waals surface area contributed by atoms with Gasteiger partial charge in [0.2, 0.25) is 5.91 Å². The van der Waals surface area contributed by atoms with E-state index in [1.54, 1.807) is 12.1 Å². The van der Waals surface area contributed by atoms with Crippen LogP contribution in [0.4, 0.5) is 4.79 Å². The van der Waals surface area contributed by atoms with Crippen LogP contribution >= 0.6 is 23.2 Å². The highest BCUT2D eigenvalue weighted by molar-refractivity contribution is 6.35. The molecule has 1 heterocycles. The summed E-state index contributed by atoms with van der Waals surface area (Å²) in [7, 11) is 0. The van der Waals surface area contributed by atoms with Crippen molar-refractivity contribution in [3.63, 3.8) is 0 Å². The van der Waals surface area contributed by atoms with Crippen molar-refractivity contribution >= 4 is 35.1 Å². The molecular formula is C24H39Cl2N3O2. The molecule has 176 valence electrons. The van der Waals surface area contributed by atoms with E-state index in [0.29, 0.717) is 29.7 Å². The van der Waals surface area contributed by atoms with Crippen LogP contribution in [-0.4, -0.2) is 36.0 Å². The number of carbonyl (C=O) groups excluding carboxylic acids is 2. The maximum absolute atomic E-state index is 12.7. The van der Waals surface area contributed by atoms with Gasteiger partial charge in [0.15, 0.2) is 0 Å². The van der Waals surface area contributed by atoms with E-state index in [1.165, 1.54) is 19.3 Å². The molecule has 1 saturated heterocycles. The summed E-state index contributed by atoms with van der Waals surface area (Å²) in [6.45, 7) is 1.60. The smallest absolute Gasteiger partial charge is 0.317 e. The molecule has 2 fully saturated rings. The Balaban J connectivity index is 0.00000240. The van der Waals surface area contributed by atoms with Crippen molar-refractivity contribution in [3.8, 4) is 0 Å². The van der Waals surface area contributed by atoms with Crippen molar-refractivity contribution in [1.82, 2.24) is 15.5 Å². The van der Waals surface area contributed by atoms with Crippen LogP contribution in [0.15, 0.2) is 18.2 Å². The first kappa shape index (κ1) is 27.6. The third-order valence-electron chi connectivity index (χ3n) is 6.07. The molecule has 0 radical (unpaired) electrons. The number of nitrogens with zero attached hydrogens (tertiary/aromatic N) is 1. The summed E-state index contributed by atoms with van der Waals surface area (Å²) in [6.07, 6.45) is 9.90. The quantitative estimate of drug-likeness (QED) is 0.520. The van der Waals surface area contributed by atoms with E-state index in [-0.39, 0.29) is 38.8 Å². The van der Waals surface area contributed by atoms with Gasteiger partial charge >= 0.3 is 6.03 Å². The van der Waals surface area contributed by atoms with Crippen LogP contribution in [0.3, 0.4) is 0 Å². The summed E-state index contributed by atoms with van der Waals surface area (Å²) < 4.78 is 0. The Morgan fingerprint density at radius 3 is 2.29 bits per heavy atom. The van der Waals surface area contributed by atoms with Gasteiger partial charge in [0.05, 0.1) is 6.04 Å². The SMILES string of the molecule is C.C.O=C(NCC1CCCN1C(=O)NCc1ccc(Cl)cc1Cl)C1CCCCCCC1. The summed E-state index contributed by atoms with van der Waals surface area (Å²) in [6, 6.07) is 5.20. The number of hydrogen-bond acceptors (Lipinski definition) is 2. The molecule has 1 aromatic rings. The number of nitrogens with one attached hydrogen (secondary N) is 2. The molecule has 0 spiro atoms. The van der Waals surface area contributed by atoms with Gasteiger partial charge in [-0.2, -0.15) is 0 Å². The fourth-order valence-corrected chi connectivity index (χ4v) is 4.81. The third-order valence-corrected chi connectivity index (χ3v) is 6.66. The van der Waals surface area contributed by atoms with E-state index >= 15 is 0 Å². The van der Waals surface area contributed by atoms with E-state index in [0.717, 1.165) is 44.1 Å². The van der Waals surface area contributed by atoms with Crippen molar-refractivity contribution in [1.29, 1.82) is 0 Å². The molecule has 5 nitrogen and oxygen atoms in total. The summed E-state index contributed by atoms with van der Waals surface area (Å²) in [5.74, 6) is 0.290. The topological polar surface area (TPSA) is 61.4 Å². The number of carbonyl (C=O) groups is 2. The molecule has 1 aliphatic heterocycles. The predicted octanol–water partition coefficient (Wildman–Crippen LogP) is 6.42. The van der Waals surface area contributed by atoms with Gasteiger partial charge in [-0.05, 0) is 43.4 Å². The van der Waals surface area contributed by atoms with Crippen LogP contribution in [0.2, 0.25) is 10.0 Å². The van der Waals surface area contributed by atoms with Gasteiger partial charge in [-0.3, -0.25) is 4.79 Å². The molecule has 31 heavy (non-hydrogen) atoms. The van der Waals surface area contributed by atoms with E-state index in [2.05, 4.69) is 10.6 Å². The lowest BCUT2D eigenvalue weighted by Crippen LogP contribution is -2.48. The minimum Gasteiger partial charge on any atom is -0.354 e. The molecule has 7 heteroatoms. The molecule has 3 rings (SSSR count). The Morgan fingerprint density at radius 2 is 1.61 bits per heavy atom. The average Bonchev–Trinajstić information content (AvgIpc) is 3.13. The predicted molar refractivity (Wildman–Crippen MR) is 131 cm³/mol. The lowest BCUT2D eigenvalue weighted by molar-refractivity contribution is -0.125. The van der Waals surface area contributed by atoms with Crippen molar-refractivity contribution in [3.05, 3.63) is 33.8 Å². The number of halogens is 2. The van der Waals surface area contributed by atoms with Crippen molar-refractivity contribution in [2.45, 2.75) is 85.2 Å². The minimum absolute atomic E-state index is 0. The Kier molecular flexibility index (Phi) is 12.3. The third kappa shape index (κ3) is 8.19. The molecule has 0 aromatic heterocycles. The van der Waals surface area contributed by atoms with Crippen LogP contribution in [0.5, 0.6) is 0 Å². The number of hydrogen-bond donors (Lipinski definition) is 2. The molecule has 0 bridgehead atoms. The van der Waals surface area contributed by atoms with Crippen molar-refractivity contribution in [2.75, 3.05) is 13.1 Å². The molecule has 3 amide bonds. The van der Waals surface area contributed by atoms with Crippen LogP contribution in [0.25, 0.3) is 0 Å². The van der Waals surface area contributed by atoms with Crippen LogP contribution in [0.1, 0.15) is 78.2 Å². The highest BCUT2D eigenvalue weighted by Gasteiger charge is 2.29. The van der Waals surface area contributed by atoms with Gasteiger partial charge in [-0.1, -0.05) is 76.2 Å². The second-order valence-electron chi connectivity index (χ2n) is 8.17. The van der Waals surface area contributed by atoms with Crippen molar-refractivity contribution < 1.29 is 9.59 Å². The fraction of sp³-hybridized carbons (Fsp3) is 0.667. The summed E-state index contributed by atoms with van der Waals surface area (Å²) in [5.41, 5.74) is 0.831. The molecule has 1 aliphatic carbocycles. The van der Waals surface area contributed by atoms with E-state index in [4.69, 9.17) is 23.2 Å². The highest BCUT2D eigenvalue weighted by Crippen LogP contribution is 2.24. The number of amides is 3. The normalized spacial score (nSPS) is 19.4. The monoisotopic (exact) mass is 471 g/mol. The molecule has 1 atom stereocenters.